The lowest BCUT2D eigenvalue weighted by molar-refractivity contribution is -0.139. The van der Waals surface area contributed by atoms with Crippen LogP contribution in [0.25, 0.3) is 0 Å². The summed E-state index contributed by atoms with van der Waals surface area (Å²) in [6.07, 6.45) is 1.41. The molecule has 0 aliphatic carbocycles. The first-order valence-corrected chi connectivity index (χ1v) is 8.02. The second-order valence-electron chi connectivity index (χ2n) is 5.87. The van der Waals surface area contributed by atoms with E-state index < -0.39 is 5.60 Å². The smallest absolute Gasteiger partial charge is 0.256 e. The van der Waals surface area contributed by atoms with E-state index in [1.54, 1.807) is 25.1 Å². The van der Waals surface area contributed by atoms with Gasteiger partial charge >= 0.3 is 0 Å². The summed E-state index contributed by atoms with van der Waals surface area (Å²) in [5.74, 6) is 0.359. The first-order valence-electron chi connectivity index (χ1n) is 8.02. The number of nitrogens with one attached hydrogen (secondary N) is 1. The normalized spacial score (nSPS) is 13.3. The van der Waals surface area contributed by atoms with Gasteiger partial charge in [0.2, 0.25) is 0 Å². The molecule has 126 valence electrons. The number of carbonyl (C=O) groups is 1. The zero-order chi connectivity index (χ0) is 17.5. The molecule has 1 N–H and O–H groups in total. The van der Waals surface area contributed by atoms with Gasteiger partial charge in [-0.05, 0) is 45.7 Å². The van der Waals surface area contributed by atoms with Crippen LogP contribution in [-0.2, 0) is 9.53 Å². The van der Waals surface area contributed by atoms with Crippen LogP contribution in [-0.4, -0.2) is 24.2 Å². The Morgan fingerprint density at radius 2 is 2.09 bits per heavy atom. The number of benzene rings is 1. The molecule has 0 unspecified atom stereocenters. The van der Waals surface area contributed by atoms with E-state index in [1.165, 1.54) is 0 Å². The number of hydrogen-bond acceptors (Lipinski definition) is 4. The number of amides is 1. The number of nitrogens with zero attached hydrogens (tertiary/aromatic N) is 1. The Bertz CT molecular complexity index is 578. The minimum Gasteiger partial charge on any atom is -0.491 e. The van der Waals surface area contributed by atoms with E-state index in [0.717, 1.165) is 6.42 Å². The third-order valence-corrected chi connectivity index (χ3v) is 3.51. The van der Waals surface area contributed by atoms with Crippen LogP contribution in [0.15, 0.2) is 18.2 Å². The van der Waals surface area contributed by atoms with Crippen molar-refractivity contribution in [3.8, 4) is 11.8 Å². The molecule has 0 aliphatic rings. The van der Waals surface area contributed by atoms with Crippen molar-refractivity contribution in [2.75, 3.05) is 11.9 Å². The van der Waals surface area contributed by atoms with E-state index >= 15 is 0 Å². The fourth-order valence-corrected chi connectivity index (χ4v) is 1.98. The average molecular weight is 318 g/mol. The number of anilines is 1. The topological polar surface area (TPSA) is 71.3 Å². The fourth-order valence-electron chi connectivity index (χ4n) is 1.98. The van der Waals surface area contributed by atoms with Gasteiger partial charge < -0.3 is 14.8 Å². The number of ether oxygens (including phenoxy) is 2. The van der Waals surface area contributed by atoms with Crippen molar-refractivity contribution >= 4 is 11.6 Å². The third kappa shape index (κ3) is 5.26. The van der Waals surface area contributed by atoms with Crippen LogP contribution in [0, 0.1) is 11.3 Å². The van der Waals surface area contributed by atoms with E-state index in [2.05, 4.69) is 11.4 Å². The molecule has 0 aromatic heterocycles. The van der Waals surface area contributed by atoms with Gasteiger partial charge in [0.15, 0.2) is 0 Å². The number of carbonyl (C=O) groups excluding carboxylic acids is 1. The van der Waals surface area contributed by atoms with Crippen LogP contribution in [0.1, 0.15) is 53.0 Å². The molecule has 0 spiro atoms. The summed E-state index contributed by atoms with van der Waals surface area (Å²) < 4.78 is 11.3. The second kappa shape index (κ2) is 8.54. The quantitative estimate of drug-likeness (QED) is 0.789. The molecule has 23 heavy (non-hydrogen) atoms. The fraction of sp³-hybridized carbons (Fsp3) is 0.556. The van der Waals surface area contributed by atoms with Gasteiger partial charge in [0.05, 0.1) is 17.4 Å². The minimum atomic E-state index is -0.907. The van der Waals surface area contributed by atoms with Gasteiger partial charge in [0, 0.05) is 12.7 Å². The number of rotatable bonds is 8. The molecule has 1 aromatic rings. The average Bonchev–Trinajstić information content (AvgIpc) is 2.53. The Kier molecular flexibility index (Phi) is 7.05. The molecule has 0 bridgehead atoms. The third-order valence-electron chi connectivity index (χ3n) is 3.51. The second-order valence-corrected chi connectivity index (χ2v) is 5.87. The van der Waals surface area contributed by atoms with Crippen molar-refractivity contribution in [1.29, 1.82) is 5.26 Å². The highest BCUT2D eigenvalue weighted by Gasteiger charge is 2.32. The van der Waals surface area contributed by atoms with Gasteiger partial charge in [-0.2, -0.15) is 5.26 Å². The summed E-state index contributed by atoms with van der Waals surface area (Å²) in [5, 5.41) is 12.1. The molecule has 1 amide bonds. The van der Waals surface area contributed by atoms with Crippen LogP contribution in [0.2, 0.25) is 0 Å². The molecule has 0 aliphatic heterocycles. The molecule has 0 radical (unpaired) electrons. The van der Waals surface area contributed by atoms with Gasteiger partial charge in [-0.3, -0.25) is 4.79 Å². The molecular weight excluding hydrogens is 292 g/mol. The van der Waals surface area contributed by atoms with Crippen molar-refractivity contribution in [1.82, 2.24) is 0 Å². The molecule has 0 fully saturated rings. The van der Waals surface area contributed by atoms with Gasteiger partial charge in [0.1, 0.15) is 17.4 Å². The van der Waals surface area contributed by atoms with Gasteiger partial charge in [-0.25, -0.2) is 0 Å². The van der Waals surface area contributed by atoms with Crippen molar-refractivity contribution in [3.63, 3.8) is 0 Å². The summed E-state index contributed by atoms with van der Waals surface area (Å²) in [6.45, 7) is 10.0. The van der Waals surface area contributed by atoms with Crippen LogP contribution in [0.5, 0.6) is 5.75 Å². The van der Waals surface area contributed by atoms with E-state index in [0.29, 0.717) is 30.0 Å². The SMILES string of the molecule is CCCO[C@](C)(CC)C(=O)Nc1ccc(OC(C)C)cc1C#N. The summed E-state index contributed by atoms with van der Waals surface area (Å²) in [4.78, 5) is 12.5. The van der Waals surface area contributed by atoms with Crippen molar-refractivity contribution < 1.29 is 14.3 Å². The summed E-state index contributed by atoms with van der Waals surface area (Å²) >= 11 is 0. The predicted octanol–water partition coefficient (Wildman–Crippen LogP) is 3.88. The van der Waals surface area contributed by atoms with Crippen molar-refractivity contribution in [3.05, 3.63) is 23.8 Å². The van der Waals surface area contributed by atoms with E-state index in [9.17, 15) is 10.1 Å². The first-order chi connectivity index (χ1) is 10.9. The molecule has 0 saturated heterocycles. The Morgan fingerprint density at radius 3 is 2.61 bits per heavy atom. The van der Waals surface area contributed by atoms with Gasteiger partial charge in [0.25, 0.3) is 5.91 Å². The molecular formula is C18H26N2O3. The molecule has 0 saturated carbocycles. The number of hydrogen-bond donors (Lipinski definition) is 1. The standard InChI is InChI=1S/C18H26N2O3/c1-6-10-22-18(5,7-2)17(21)20-16-9-8-15(23-13(3)4)11-14(16)12-19/h8-9,11,13H,6-7,10H2,1-5H3,(H,20,21)/t18-/m1/s1. The van der Waals surface area contributed by atoms with Crippen molar-refractivity contribution in [2.45, 2.75) is 59.2 Å². The van der Waals surface area contributed by atoms with Crippen LogP contribution in [0.3, 0.4) is 0 Å². The zero-order valence-electron chi connectivity index (χ0n) is 14.6. The van der Waals surface area contributed by atoms with Crippen LogP contribution < -0.4 is 10.1 Å². The minimum absolute atomic E-state index is 0.0211. The van der Waals surface area contributed by atoms with E-state index in [-0.39, 0.29) is 12.0 Å². The molecule has 1 rings (SSSR count). The maximum absolute atomic E-state index is 12.5. The van der Waals surface area contributed by atoms with E-state index in [1.807, 2.05) is 27.7 Å². The predicted molar refractivity (Wildman–Crippen MR) is 90.5 cm³/mol. The van der Waals surface area contributed by atoms with Crippen LogP contribution in [0.4, 0.5) is 5.69 Å². The highest BCUT2D eigenvalue weighted by Crippen LogP contribution is 2.25. The van der Waals surface area contributed by atoms with E-state index in [4.69, 9.17) is 9.47 Å². The van der Waals surface area contributed by atoms with Gasteiger partial charge in [-0.15, -0.1) is 0 Å². The first kappa shape index (κ1) is 19.0. The Hall–Kier alpha value is -2.06. The number of nitriles is 1. The maximum Gasteiger partial charge on any atom is 0.256 e. The Balaban J connectivity index is 2.95. The zero-order valence-corrected chi connectivity index (χ0v) is 14.6. The lowest BCUT2D eigenvalue weighted by atomic mass is 10.0. The lowest BCUT2D eigenvalue weighted by Crippen LogP contribution is -2.42. The monoisotopic (exact) mass is 318 g/mol. The van der Waals surface area contributed by atoms with Crippen LogP contribution >= 0.6 is 0 Å². The molecule has 5 nitrogen and oxygen atoms in total. The maximum atomic E-state index is 12.5. The molecule has 0 heterocycles. The molecule has 1 atom stereocenters. The summed E-state index contributed by atoms with van der Waals surface area (Å²) in [7, 11) is 0. The Labute approximate surface area is 138 Å². The van der Waals surface area contributed by atoms with Crippen molar-refractivity contribution in [2.24, 2.45) is 0 Å². The highest BCUT2D eigenvalue weighted by molar-refractivity contribution is 5.98. The summed E-state index contributed by atoms with van der Waals surface area (Å²) in [5.41, 5.74) is -0.0747. The highest BCUT2D eigenvalue weighted by atomic mass is 16.5. The summed E-state index contributed by atoms with van der Waals surface area (Å²) in [6, 6.07) is 7.15. The van der Waals surface area contributed by atoms with Gasteiger partial charge in [-0.1, -0.05) is 13.8 Å². The Morgan fingerprint density at radius 1 is 1.39 bits per heavy atom. The largest absolute Gasteiger partial charge is 0.491 e. The molecule has 5 heteroatoms. The lowest BCUT2D eigenvalue weighted by Gasteiger charge is -2.27. The molecule has 1 aromatic carbocycles.